The summed E-state index contributed by atoms with van der Waals surface area (Å²) in [6.45, 7) is 7.86. The molecule has 12 nitrogen and oxygen atoms in total. The van der Waals surface area contributed by atoms with Crippen molar-refractivity contribution in [2.75, 3.05) is 13.2 Å². The van der Waals surface area contributed by atoms with E-state index in [1.165, 1.54) is 0 Å². The first-order chi connectivity index (χ1) is 18.1. The smallest absolute Gasteiger partial charge is 0.187 e. The standard InChI is InChI=1S/C27H44O12/c1-12-6-7-15(9-16(12)29)14(3)13(2)8-19(27(4,5)35)38-26-24(22(33)21(32)18(10-28)37-26)39-25-23(34)20(31)17(30)11-36-25/h6-7,9,13-14,17-26,28-35H,8,10-11H2,1-5H3/t13-,14?,17-,18-,19-,20-,21-,22+,23+,24-,25-,26+/m1/s1. The number of hydrogen-bond acceptors (Lipinski definition) is 12. The molecule has 0 saturated carbocycles. The number of aliphatic hydroxyl groups is 7. The van der Waals surface area contributed by atoms with Crippen LogP contribution in [0, 0.1) is 12.8 Å². The molecule has 224 valence electrons. The van der Waals surface area contributed by atoms with E-state index in [0.29, 0.717) is 6.42 Å². The van der Waals surface area contributed by atoms with Crippen molar-refractivity contribution in [3.8, 4) is 5.75 Å². The summed E-state index contributed by atoms with van der Waals surface area (Å²) in [6.07, 6.45) is -14.0. The van der Waals surface area contributed by atoms with Crippen molar-refractivity contribution in [3.05, 3.63) is 29.3 Å². The molecule has 2 saturated heterocycles. The van der Waals surface area contributed by atoms with Gasteiger partial charge in [-0.2, -0.15) is 0 Å². The molecule has 1 unspecified atom stereocenters. The zero-order valence-corrected chi connectivity index (χ0v) is 23.0. The van der Waals surface area contributed by atoms with Gasteiger partial charge < -0.3 is 59.8 Å². The molecular weight excluding hydrogens is 516 g/mol. The largest absolute Gasteiger partial charge is 0.508 e. The molecule has 1 aromatic rings. The minimum Gasteiger partial charge on any atom is -0.508 e. The van der Waals surface area contributed by atoms with Crippen LogP contribution in [-0.2, 0) is 18.9 Å². The van der Waals surface area contributed by atoms with E-state index in [4.69, 9.17) is 18.9 Å². The first kappa shape index (κ1) is 32.1. The lowest BCUT2D eigenvalue weighted by atomic mass is 9.82. The summed E-state index contributed by atoms with van der Waals surface area (Å²) in [7, 11) is 0. The van der Waals surface area contributed by atoms with Gasteiger partial charge >= 0.3 is 0 Å². The minimum absolute atomic E-state index is 0.0411. The van der Waals surface area contributed by atoms with Gasteiger partial charge in [-0.15, -0.1) is 0 Å². The molecule has 2 aliphatic heterocycles. The Labute approximate surface area is 228 Å². The van der Waals surface area contributed by atoms with Gasteiger partial charge in [-0.3, -0.25) is 0 Å². The molecule has 0 spiro atoms. The molecule has 8 N–H and O–H groups in total. The topological polar surface area (TPSA) is 199 Å². The fraction of sp³-hybridized carbons (Fsp3) is 0.778. The number of hydrogen-bond donors (Lipinski definition) is 8. The maximum absolute atomic E-state index is 11.0. The number of aromatic hydroxyl groups is 1. The second kappa shape index (κ2) is 13.0. The van der Waals surface area contributed by atoms with Crippen LogP contribution >= 0.6 is 0 Å². The first-order valence-corrected chi connectivity index (χ1v) is 13.3. The van der Waals surface area contributed by atoms with E-state index < -0.39 is 73.6 Å². The molecule has 2 fully saturated rings. The molecular formula is C27H44O12. The Hall–Kier alpha value is -1.42. The van der Waals surface area contributed by atoms with Crippen molar-refractivity contribution in [1.82, 2.24) is 0 Å². The number of benzene rings is 1. The van der Waals surface area contributed by atoms with E-state index in [-0.39, 0.29) is 24.2 Å². The monoisotopic (exact) mass is 560 g/mol. The molecule has 2 heterocycles. The summed E-state index contributed by atoms with van der Waals surface area (Å²) in [4.78, 5) is 0. The molecule has 12 heteroatoms. The van der Waals surface area contributed by atoms with E-state index in [9.17, 15) is 40.9 Å². The normalized spacial score (nSPS) is 36.4. The average Bonchev–Trinajstić information content (AvgIpc) is 2.88. The quantitative estimate of drug-likeness (QED) is 0.178. The van der Waals surface area contributed by atoms with Gasteiger partial charge in [0, 0.05) is 0 Å². The zero-order valence-electron chi connectivity index (χ0n) is 23.0. The van der Waals surface area contributed by atoms with Crippen molar-refractivity contribution < 1.29 is 59.8 Å². The third-order valence-corrected chi connectivity index (χ3v) is 7.85. The van der Waals surface area contributed by atoms with Crippen LogP contribution in [0.2, 0.25) is 0 Å². The average molecular weight is 561 g/mol. The summed E-state index contributed by atoms with van der Waals surface area (Å²) >= 11 is 0. The van der Waals surface area contributed by atoms with Crippen molar-refractivity contribution >= 4 is 0 Å². The summed E-state index contributed by atoms with van der Waals surface area (Å²) in [6, 6.07) is 5.46. The van der Waals surface area contributed by atoms with Crippen LogP contribution < -0.4 is 0 Å². The highest BCUT2D eigenvalue weighted by molar-refractivity contribution is 5.36. The van der Waals surface area contributed by atoms with Crippen LogP contribution in [0.15, 0.2) is 18.2 Å². The second-order valence-corrected chi connectivity index (χ2v) is 11.4. The Morgan fingerprint density at radius 3 is 2.26 bits per heavy atom. The molecule has 0 amide bonds. The Balaban J connectivity index is 1.82. The Bertz CT molecular complexity index is 923. The van der Waals surface area contributed by atoms with E-state index >= 15 is 0 Å². The fourth-order valence-corrected chi connectivity index (χ4v) is 4.82. The number of ether oxygens (including phenoxy) is 4. The van der Waals surface area contributed by atoms with Crippen LogP contribution in [0.25, 0.3) is 0 Å². The van der Waals surface area contributed by atoms with Crippen LogP contribution in [0.4, 0.5) is 0 Å². The molecule has 1 aromatic carbocycles. The third kappa shape index (κ3) is 7.46. The number of phenols is 1. The van der Waals surface area contributed by atoms with Crippen LogP contribution in [-0.4, -0.2) is 121 Å². The maximum Gasteiger partial charge on any atom is 0.187 e. The number of aliphatic hydroxyl groups excluding tert-OH is 6. The van der Waals surface area contributed by atoms with Gasteiger partial charge in [0.15, 0.2) is 12.6 Å². The zero-order chi connectivity index (χ0) is 29.2. The van der Waals surface area contributed by atoms with Crippen molar-refractivity contribution in [2.45, 2.75) is 114 Å². The lowest BCUT2D eigenvalue weighted by molar-refractivity contribution is -0.367. The molecule has 0 aromatic heterocycles. The summed E-state index contributed by atoms with van der Waals surface area (Å²) < 4.78 is 22.9. The molecule has 3 rings (SSSR count). The number of phenolic OH excluding ortho intramolecular Hbond substituents is 1. The van der Waals surface area contributed by atoms with E-state index in [1.54, 1.807) is 26.8 Å². The lowest BCUT2D eigenvalue weighted by Gasteiger charge is -2.46. The van der Waals surface area contributed by atoms with Crippen molar-refractivity contribution in [2.24, 2.45) is 5.92 Å². The summed E-state index contributed by atoms with van der Waals surface area (Å²) in [5, 5.41) is 82.2. The van der Waals surface area contributed by atoms with Crippen LogP contribution in [0.3, 0.4) is 0 Å². The predicted octanol–water partition coefficient (Wildman–Crippen LogP) is -0.750. The molecule has 0 bridgehead atoms. The Kier molecular flexibility index (Phi) is 10.7. The van der Waals surface area contributed by atoms with Gasteiger partial charge in [0.05, 0.1) is 24.9 Å². The van der Waals surface area contributed by atoms with E-state index in [0.717, 1.165) is 11.1 Å². The summed E-state index contributed by atoms with van der Waals surface area (Å²) in [5.41, 5.74) is 0.247. The van der Waals surface area contributed by atoms with E-state index in [2.05, 4.69) is 0 Å². The highest BCUT2D eigenvalue weighted by atomic mass is 16.8. The van der Waals surface area contributed by atoms with Crippen LogP contribution in [0.1, 0.15) is 51.2 Å². The molecule has 2 aliphatic rings. The maximum atomic E-state index is 11.0. The van der Waals surface area contributed by atoms with Gasteiger partial charge in [0.2, 0.25) is 0 Å². The van der Waals surface area contributed by atoms with Gasteiger partial charge in [-0.1, -0.05) is 26.0 Å². The number of aryl methyl sites for hydroxylation is 1. The predicted molar refractivity (Wildman–Crippen MR) is 137 cm³/mol. The number of rotatable bonds is 10. The first-order valence-electron chi connectivity index (χ1n) is 13.3. The minimum atomic E-state index is -1.67. The van der Waals surface area contributed by atoms with Crippen LogP contribution in [0.5, 0.6) is 5.75 Å². The highest BCUT2D eigenvalue weighted by Gasteiger charge is 2.50. The van der Waals surface area contributed by atoms with Crippen molar-refractivity contribution in [1.29, 1.82) is 0 Å². The van der Waals surface area contributed by atoms with Crippen molar-refractivity contribution in [3.63, 3.8) is 0 Å². The molecule has 0 radical (unpaired) electrons. The summed E-state index contributed by atoms with van der Waals surface area (Å²) in [5.74, 6) is 0.0705. The lowest BCUT2D eigenvalue weighted by Crippen LogP contribution is -2.64. The van der Waals surface area contributed by atoms with Gasteiger partial charge in [-0.05, 0) is 56.2 Å². The van der Waals surface area contributed by atoms with Gasteiger partial charge in [-0.25, -0.2) is 0 Å². The Morgan fingerprint density at radius 2 is 1.67 bits per heavy atom. The fourth-order valence-electron chi connectivity index (χ4n) is 4.82. The SMILES string of the molecule is Cc1ccc(C(C)[C@H](C)C[C@@H](O[C@@H]2O[C@H](CO)[C@@H](O)[C@H](O)[C@H]2O[C@H]2OC[C@@H](O)[C@@H](O)[C@@H]2O)C(C)(C)O)cc1O. The molecule has 12 atom stereocenters. The highest BCUT2D eigenvalue weighted by Crippen LogP contribution is 2.36. The van der Waals surface area contributed by atoms with Gasteiger partial charge in [0.25, 0.3) is 0 Å². The van der Waals surface area contributed by atoms with E-state index in [1.807, 2.05) is 26.0 Å². The third-order valence-electron chi connectivity index (χ3n) is 7.85. The van der Waals surface area contributed by atoms with Gasteiger partial charge in [0.1, 0.15) is 48.5 Å². The Morgan fingerprint density at radius 1 is 1.00 bits per heavy atom. The molecule has 0 aliphatic carbocycles. The second-order valence-electron chi connectivity index (χ2n) is 11.4. The molecule has 39 heavy (non-hydrogen) atoms.